The highest BCUT2D eigenvalue weighted by molar-refractivity contribution is 5.92. The van der Waals surface area contributed by atoms with Crippen LogP contribution in [0.15, 0.2) is 36.4 Å². The van der Waals surface area contributed by atoms with Gasteiger partial charge in [-0.15, -0.1) is 0 Å². The smallest absolute Gasteiger partial charge is 0.339 e. The number of ether oxygens (including phenoxy) is 1. The Morgan fingerprint density at radius 2 is 1.79 bits per heavy atom. The van der Waals surface area contributed by atoms with Gasteiger partial charge in [0.25, 0.3) is 0 Å². The molecule has 5 heteroatoms. The van der Waals surface area contributed by atoms with Gasteiger partial charge in [0.15, 0.2) is 11.6 Å². The Bertz CT molecular complexity index is 637. The van der Waals surface area contributed by atoms with Crippen LogP contribution in [0.3, 0.4) is 0 Å². The van der Waals surface area contributed by atoms with Gasteiger partial charge in [-0.3, -0.25) is 0 Å². The minimum Gasteiger partial charge on any atom is -0.505 e. The fraction of sp³-hybridized carbons (Fsp3) is 0.0714. The fourth-order valence-electron chi connectivity index (χ4n) is 1.73. The third-order valence-corrected chi connectivity index (χ3v) is 2.71. The molecule has 4 nitrogen and oxygen atoms in total. The van der Waals surface area contributed by atoms with E-state index < -0.39 is 17.5 Å². The van der Waals surface area contributed by atoms with E-state index in [0.717, 1.165) is 0 Å². The lowest BCUT2D eigenvalue weighted by Crippen LogP contribution is -2.00. The van der Waals surface area contributed by atoms with E-state index in [9.17, 15) is 9.18 Å². The number of carboxylic acid groups (broad SMARTS) is 1. The molecule has 2 aromatic carbocycles. The Kier molecular flexibility index (Phi) is 3.37. The van der Waals surface area contributed by atoms with Crippen LogP contribution in [-0.2, 0) is 0 Å². The molecule has 0 saturated carbocycles. The predicted molar refractivity (Wildman–Crippen MR) is 67.0 cm³/mol. The van der Waals surface area contributed by atoms with Crippen molar-refractivity contribution >= 4 is 5.97 Å². The second-order valence-corrected chi connectivity index (χ2v) is 3.89. The molecule has 0 unspecified atom stereocenters. The van der Waals surface area contributed by atoms with Crippen molar-refractivity contribution in [3.05, 3.63) is 47.8 Å². The standard InChI is InChI=1S/C14H11FO4/c1-19-13-7-9(2-4-10(13)14(17)18)8-3-5-12(16)11(15)6-8/h2-7,16H,1H3,(H,17,18). The number of hydrogen-bond donors (Lipinski definition) is 2. The minimum atomic E-state index is -1.10. The van der Waals surface area contributed by atoms with Crippen molar-refractivity contribution in [2.45, 2.75) is 0 Å². The number of aromatic carboxylic acids is 1. The van der Waals surface area contributed by atoms with Gasteiger partial charge in [-0.25, -0.2) is 9.18 Å². The lowest BCUT2D eigenvalue weighted by molar-refractivity contribution is 0.0693. The molecular weight excluding hydrogens is 251 g/mol. The van der Waals surface area contributed by atoms with Gasteiger partial charge in [-0.2, -0.15) is 0 Å². The molecule has 0 aliphatic rings. The number of carbonyl (C=O) groups is 1. The summed E-state index contributed by atoms with van der Waals surface area (Å²) in [7, 11) is 1.36. The van der Waals surface area contributed by atoms with Gasteiger partial charge in [0.1, 0.15) is 11.3 Å². The zero-order valence-electron chi connectivity index (χ0n) is 10.1. The van der Waals surface area contributed by atoms with Crippen molar-refractivity contribution in [1.82, 2.24) is 0 Å². The molecule has 0 radical (unpaired) electrons. The van der Waals surface area contributed by atoms with Crippen molar-refractivity contribution in [2.75, 3.05) is 7.11 Å². The number of benzene rings is 2. The zero-order chi connectivity index (χ0) is 14.0. The number of halogens is 1. The van der Waals surface area contributed by atoms with Crippen molar-refractivity contribution in [2.24, 2.45) is 0 Å². The van der Waals surface area contributed by atoms with Crippen LogP contribution < -0.4 is 4.74 Å². The summed E-state index contributed by atoms with van der Waals surface area (Å²) in [6.45, 7) is 0. The summed E-state index contributed by atoms with van der Waals surface area (Å²) in [5.74, 6) is -2.07. The highest BCUT2D eigenvalue weighted by Gasteiger charge is 2.12. The molecule has 0 saturated heterocycles. The average Bonchev–Trinajstić information content (AvgIpc) is 2.41. The predicted octanol–water partition coefficient (Wildman–Crippen LogP) is 2.91. The second kappa shape index (κ2) is 4.97. The Labute approximate surface area is 108 Å². The van der Waals surface area contributed by atoms with E-state index >= 15 is 0 Å². The molecule has 2 rings (SSSR count). The largest absolute Gasteiger partial charge is 0.505 e. The molecule has 0 aliphatic heterocycles. The topological polar surface area (TPSA) is 66.8 Å². The molecule has 0 atom stereocenters. The van der Waals surface area contributed by atoms with E-state index in [2.05, 4.69) is 0 Å². The first-order valence-corrected chi connectivity index (χ1v) is 5.43. The SMILES string of the molecule is COc1cc(-c2ccc(O)c(F)c2)ccc1C(=O)O. The van der Waals surface area contributed by atoms with Gasteiger partial charge in [-0.05, 0) is 35.4 Å². The zero-order valence-corrected chi connectivity index (χ0v) is 10.1. The molecule has 0 aliphatic carbocycles. The van der Waals surface area contributed by atoms with Crippen molar-refractivity contribution in [3.63, 3.8) is 0 Å². The van der Waals surface area contributed by atoms with Crippen LogP contribution >= 0.6 is 0 Å². The molecule has 0 heterocycles. The molecule has 2 N–H and O–H groups in total. The molecular formula is C14H11FO4. The highest BCUT2D eigenvalue weighted by atomic mass is 19.1. The van der Waals surface area contributed by atoms with Crippen molar-refractivity contribution in [1.29, 1.82) is 0 Å². The third kappa shape index (κ3) is 2.49. The number of carboxylic acids is 1. The van der Waals surface area contributed by atoms with Crippen LogP contribution in [0.25, 0.3) is 11.1 Å². The Hall–Kier alpha value is -2.56. The molecule has 0 amide bonds. The van der Waals surface area contributed by atoms with E-state index in [0.29, 0.717) is 11.1 Å². The molecule has 98 valence electrons. The van der Waals surface area contributed by atoms with Gasteiger partial charge in [0.2, 0.25) is 0 Å². The third-order valence-electron chi connectivity index (χ3n) is 2.71. The van der Waals surface area contributed by atoms with E-state index in [-0.39, 0.29) is 11.3 Å². The quantitative estimate of drug-likeness (QED) is 0.892. The first-order valence-electron chi connectivity index (χ1n) is 5.43. The van der Waals surface area contributed by atoms with Crippen LogP contribution in [0.2, 0.25) is 0 Å². The maximum absolute atomic E-state index is 13.3. The molecule has 0 fully saturated rings. The Balaban J connectivity index is 2.51. The highest BCUT2D eigenvalue weighted by Crippen LogP contribution is 2.29. The van der Waals surface area contributed by atoms with E-state index in [1.807, 2.05) is 0 Å². The van der Waals surface area contributed by atoms with E-state index in [1.165, 1.54) is 37.4 Å². The van der Waals surface area contributed by atoms with E-state index in [4.69, 9.17) is 14.9 Å². The van der Waals surface area contributed by atoms with E-state index in [1.54, 1.807) is 6.07 Å². The maximum Gasteiger partial charge on any atom is 0.339 e. The number of aromatic hydroxyl groups is 1. The van der Waals surface area contributed by atoms with Crippen molar-refractivity contribution < 1.29 is 24.1 Å². The number of methoxy groups -OCH3 is 1. The molecule has 2 aromatic rings. The number of phenolic OH excluding ortho intramolecular Hbond substituents is 1. The summed E-state index contributed by atoms with van der Waals surface area (Å²) in [6.07, 6.45) is 0. The first kappa shape index (κ1) is 12.9. The summed E-state index contributed by atoms with van der Waals surface area (Å²) in [5.41, 5.74) is 1.15. The lowest BCUT2D eigenvalue weighted by atomic mass is 10.0. The molecule has 19 heavy (non-hydrogen) atoms. The number of phenols is 1. The van der Waals surface area contributed by atoms with Crippen LogP contribution in [-0.4, -0.2) is 23.3 Å². The summed E-state index contributed by atoms with van der Waals surface area (Å²) < 4.78 is 18.3. The van der Waals surface area contributed by atoms with Gasteiger partial charge in [0, 0.05) is 0 Å². The van der Waals surface area contributed by atoms with Gasteiger partial charge in [-0.1, -0.05) is 12.1 Å². The lowest BCUT2D eigenvalue weighted by Gasteiger charge is -2.08. The van der Waals surface area contributed by atoms with Gasteiger partial charge < -0.3 is 14.9 Å². The Morgan fingerprint density at radius 3 is 2.37 bits per heavy atom. The van der Waals surface area contributed by atoms with Gasteiger partial charge in [0.05, 0.1) is 7.11 Å². The normalized spacial score (nSPS) is 10.2. The van der Waals surface area contributed by atoms with Crippen LogP contribution in [0, 0.1) is 5.82 Å². The van der Waals surface area contributed by atoms with Crippen LogP contribution in [0.1, 0.15) is 10.4 Å². The van der Waals surface area contributed by atoms with Gasteiger partial charge >= 0.3 is 5.97 Å². The summed E-state index contributed by atoms with van der Waals surface area (Å²) in [6, 6.07) is 8.40. The molecule has 0 spiro atoms. The van der Waals surface area contributed by atoms with Crippen molar-refractivity contribution in [3.8, 4) is 22.6 Å². The molecule has 0 aromatic heterocycles. The fourth-order valence-corrected chi connectivity index (χ4v) is 1.73. The monoisotopic (exact) mass is 262 g/mol. The summed E-state index contributed by atoms with van der Waals surface area (Å²) in [4.78, 5) is 11.0. The second-order valence-electron chi connectivity index (χ2n) is 3.89. The first-order chi connectivity index (χ1) is 9.02. The average molecular weight is 262 g/mol. The number of hydrogen-bond acceptors (Lipinski definition) is 3. The maximum atomic E-state index is 13.3. The number of rotatable bonds is 3. The van der Waals surface area contributed by atoms with Crippen LogP contribution in [0.5, 0.6) is 11.5 Å². The van der Waals surface area contributed by atoms with Crippen LogP contribution in [0.4, 0.5) is 4.39 Å². The summed E-state index contributed by atoms with van der Waals surface area (Å²) in [5, 5.41) is 18.1. The minimum absolute atomic E-state index is 0.0329. The Morgan fingerprint density at radius 1 is 1.16 bits per heavy atom. The summed E-state index contributed by atoms with van der Waals surface area (Å²) >= 11 is 0. The molecule has 0 bridgehead atoms.